The van der Waals surface area contributed by atoms with E-state index in [1.54, 1.807) is 0 Å². The van der Waals surface area contributed by atoms with Gasteiger partial charge in [0.2, 0.25) is 0 Å². The van der Waals surface area contributed by atoms with Crippen LogP contribution in [0.3, 0.4) is 0 Å². The molecule has 3 rings (SSSR count). The Kier molecular flexibility index (Phi) is 1.25. The summed E-state index contributed by atoms with van der Waals surface area (Å²) in [5, 5.41) is 8.88. The molecule has 2 aliphatic carbocycles. The molecule has 0 aromatic carbocycles. The van der Waals surface area contributed by atoms with Crippen LogP contribution in [0.5, 0.6) is 0 Å². The van der Waals surface area contributed by atoms with E-state index in [2.05, 4.69) is 22.6 Å². The fourth-order valence-electron chi connectivity index (χ4n) is 1.38. The lowest BCUT2D eigenvalue weighted by atomic mass is 10.1. The predicted molar refractivity (Wildman–Crippen MR) is 52.0 cm³/mol. The van der Waals surface area contributed by atoms with Crippen molar-refractivity contribution < 1.29 is 0 Å². The summed E-state index contributed by atoms with van der Waals surface area (Å²) in [6.45, 7) is 0. The Morgan fingerprint density at radius 1 is 1.31 bits per heavy atom. The fraction of sp³-hybridized carbons (Fsp3) is 0.200. The maximum Gasteiger partial charge on any atom is 0.133 e. The van der Waals surface area contributed by atoms with E-state index in [9.17, 15) is 0 Å². The fourth-order valence-corrected chi connectivity index (χ4v) is 2.13. The predicted octanol–water partition coefficient (Wildman–Crippen LogP) is 2.59. The first-order valence-electron chi connectivity index (χ1n) is 4.18. The third-order valence-electron chi connectivity index (χ3n) is 2.24. The molecule has 62 valence electrons. The van der Waals surface area contributed by atoms with E-state index >= 15 is 0 Å². The third-order valence-corrected chi connectivity index (χ3v) is 2.99. The molecule has 0 fully saturated rings. The van der Waals surface area contributed by atoms with Crippen LogP contribution in [-0.2, 0) is 0 Å². The van der Waals surface area contributed by atoms with E-state index in [1.165, 1.54) is 22.7 Å². The van der Waals surface area contributed by atoms with Crippen LogP contribution in [0.4, 0.5) is 0 Å². The van der Waals surface area contributed by atoms with Gasteiger partial charge >= 0.3 is 0 Å². The smallest absolute Gasteiger partial charge is 0.133 e. The van der Waals surface area contributed by atoms with Crippen molar-refractivity contribution in [3.8, 4) is 6.07 Å². The molecule has 3 heteroatoms. The summed E-state index contributed by atoms with van der Waals surface area (Å²) in [4.78, 5) is 0.770. The van der Waals surface area contributed by atoms with Crippen LogP contribution in [0.25, 0.3) is 11.1 Å². The minimum Gasteiger partial charge on any atom is -0.191 e. The highest BCUT2D eigenvalue weighted by molar-refractivity contribution is 7.06. The highest BCUT2D eigenvalue weighted by atomic mass is 32.1. The Morgan fingerprint density at radius 2 is 2.00 bits per heavy atom. The first-order valence-corrected chi connectivity index (χ1v) is 4.96. The van der Waals surface area contributed by atoms with Crippen LogP contribution < -0.4 is 0 Å². The van der Waals surface area contributed by atoms with Gasteiger partial charge in [0.15, 0.2) is 0 Å². The van der Waals surface area contributed by atoms with Crippen LogP contribution in [0.1, 0.15) is 29.0 Å². The Bertz CT molecular complexity index is 486. The SMILES string of the molecule is N#Cc1snc(C2=CC2)c1C1=CC1. The number of hydrogen-bond donors (Lipinski definition) is 0. The van der Waals surface area contributed by atoms with E-state index in [1.807, 2.05) is 0 Å². The molecule has 0 saturated carbocycles. The molecule has 1 aromatic rings. The lowest BCUT2D eigenvalue weighted by Crippen LogP contribution is -1.81. The van der Waals surface area contributed by atoms with E-state index < -0.39 is 0 Å². The van der Waals surface area contributed by atoms with Crippen molar-refractivity contribution in [3.63, 3.8) is 0 Å². The van der Waals surface area contributed by atoms with Crippen LogP contribution in [0, 0.1) is 11.3 Å². The Morgan fingerprint density at radius 3 is 2.54 bits per heavy atom. The van der Waals surface area contributed by atoms with Gasteiger partial charge in [0.1, 0.15) is 10.9 Å². The van der Waals surface area contributed by atoms with Gasteiger partial charge in [-0.3, -0.25) is 0 Å². The molecule has 0 N–H and O–H groups in total. The zero-order valence-electron chi connectivity index (χ0n) is 6.87. The Hall–Kier alpha value is -1.40. The van der Waals surface area contributed by atoms with Crippen LogP contribution >= 0.6 is 11.5 Å². The minimum atomic E-state index is 0.770. The molecule has 0 radical (unpaired) electrons. The lowest BCUT2D eigenvalue weighted by Gasteiger charge is -1.92. The highest BCUT2D eigenvalue weighted by Gasteiger charge is 2.26. The van der Waals surface area contributed by atoms with Crippen LogP contribution in [0.2, 0.25) is 0 Å². The van der Waals surface area contributed by atoms with Crippen molar-refractivity contribution in [1.82, 2.24) is 4.37 Å². The number of allylic oxidation sites excluding steroid dienone is 4. The summed E-state index contributed by atoms with van der Waals surface area (Å²) in [5.74, 6) is 0. The monoisotopic (exact) mass is 186 g/mol. The minimum absolute atomic E-state index is 0.770. The van der Waals surface area contributed by atoms with Crippen molar-refractivity contribution >= 4 is 22.7 Å². The molecular formula is C10H6N2S. The first-order chi connectivity index (χ1) is 6.40. The van der Waals surface area contributed by atoms with E-state index in [-0.39, 0.29) is 0 Å². The molecule has 0 aliphatic heterocycles. The van der Waals surface area contributed by atoms with Crippen LogP contribution in [0.15, 0.2) is 12.2 Å². The van der Waals surface area contributed by atoms with E-state index in [0.29, 0.717) is 0 Å². The maximum absolute atomic E-state index is 8.88. The number of hydrogen-bond acceptors (Lipinski definition) is 3. The lowest BCUT2D eigenvalue weighted by molar-refractivity contribution is 1.43. The molecule has 0 bridgehead atoms. The Balaban J connectivity index is 2.19. The number of nitrogens with zero attached hydrogens (tertiary/aromatic N) is 2. The second-order valence-corrected chi connectivity index (χ2v) is 3.99. The molecule has 1 heterocycles. The third kappa shape index (κ3) is 1.03. The largest absolute Gasteiger partial charge is 0.191 e. The molecule has 1 aromatic heterocycles. The maximum atomic E-state index is 8.88. The topological polar surface area (TPSA) is 36.7 Å². The first kappa shape index (κ1) is 7.05. The average molecular weight is 186 g/mol. The van der Waals surface area contributed by atoms with Gasteiger partial charge in [0, 0.05) is 5.56 Å². The number of rotatable bonds is 2. The number of aromatic nitrogens is 1. The summed E-state index contributed by atoms with van der Waals surface area (Å²) in [7, 11) is 0. The zero-order valence-corrected chi connectivity index (χ0v) is 7.69. The van der Waals surface area contributed by atoms with Gasteiger partial charge in [-0.15, -0.1) is 0 Å². The van der Waals surface area contributed by atoms with Gasteiger partial charge in [0.25, 0.3) is 0 Å². The van der Waals surface area contributed by atoms with Crippen molar-refractivity contribution in [2.45, 2.75) is 12.8 Å². The van der Waals surface area contributed by atoms with Gasteiger partial charge in [-0.25, -0.2) is 0 Å². The van der Waals surface area contributed by atoms with Crippen molar-refractivity contribution in [3.05, 3.63) is 28.3 Å². The summed E-state index contributed by atoms with van der Waals surface area (Å²) in [6.07, 6.45) is 6.39. The molecule has 0 saturated heterocycles. The normalized spacial score (nSPS) is 17.5. The van der Waals surface area contributed by atoms with Gasteiger partial charge < -0.3 is 0 Å². The van der Waals surface area contributed by atoms with Gasteiger partial charge in [-0.2, -0.15) is 9.64 Å². The van der Waals surface area contributed by atoms with Crippen LogP contribution in [-0.4, -0.2) is 4.37 Å². The molecule has 0 atom stereocenters. The van der Waals surface area contributed by atoms with Gasteiger partial charge in [0.05, 0.1) is 5.69 Å². The summed E-state index contributed by atoms with van der Waals surface area (Å²) >= 11 is 1.32. The van der Waals surface area contributed by atoms with Gasteiger partial charge in [-0.05, 0) is 35.5 Å². The zero-order chi connectivity index (χ0) is 8.84. The number of nitriles is 1. The van der Waals surface area contributed by atoms with Crippen molar-refractivity contribution in [2.75, 3.05) is 0 Å². The molecule has 13 heavy (non-hydrogen) atoms. The average Bonchev–Trinajstić information content (AvgIpc) is 3.03. The molecule has 0 amide bonds. The second kappa shape index (κ2) is 2.30. The Labute approximate surface area is 80.0 Å². The van der Waals surface area contributed by atoms with Crippen molar-refractivity contribution in [2.24, 2.45) is 0 Å². The van der Waals surface area contributed by atoms with Crippen molar-refractivity contribution in [1.29, 1.82) is 5.26 Å². The quantitative estimate of drug-likeness (QED) is 0.711. The molecule has 0 unspecified atom stereocenters. The van der Waals surface area contributed by atoms with E-state index in [0.717, 1.165) is 29.0 Å². The summed E-state index contributed by atoms with van der Waals surface area (Å²) in [5.41, 5.74) is 4.77. The summed E-state index contributed by atoms with van der Waals surface area (Å²) < 4.78 is 4.32. The molecular weight excluding hydrogens is 180 g/mol. The van der Waals surface area contributed by atoms with E-state index in [4.69, 9.17) is 5.26 Å². The second-order valence-electron chi connectivity index (χ2n) is 3.21. The summed E-state index contributed by atoms with van der Waals surface area (Å²) in [6, 6.07) is 2.21. The molecule has 2 nitrogen and oxygen atoms in total. The van der Waals surface area contributed by atoms with Gasteiger partial charge in [-0.1, -0.05) is 12.2 Å². The molecule has 2 aliphatic rings. The highest BCUT2D eigenvalue weighted by Crippen LogP contribution is 2.43. The molecule has 0 spiro atoms. The standard InChI is InChI=1S/C10H6N2S/c11-5-8-9(6-1-2-6)10(12-13-8)7-3-4-7/h1,3H,2,4H2.